The zero-order valence-electron chi connectivity index (χ0n) is 8.98. The van der Waals surface area contributed by atoms with Gasteiger partial charge in [0.25, 0.3) is 0 Å². The van der Waals surface area contributed by atoms with Gasteiger partial charge in [-0.15, -0.1) is 11.6 Å². The lowest BCUT2D eigenvalue weighted by Crippen LogP contribution is -2.55. The highest BCUT2D eigenvalue weighted by atomic mass is 35.5. The summed E-state index contributed by atoms with van der Waals surface area (Å²) < 4.78 is 4.78. The molecule has 5 nitrogen and oxygen atoms in total. The van der Waals surface area contributed by atoms with E-state index in [1.165, 1.54) is 7.11 Å². The van der Waals surface area contributed by atoms with Crippen molar-refractivity contribution < 1.29 is 19.5 Å². The fourth-order valence-electron chi connectivity index (χ4n) is 2.90. The number of aliphatic hydroxyl groups excluding tert-OH is 1. The average molecular weight is 248 g/mol. The third-order valence-corrected chi connectivity index (χ3v) is 4.59. The normalized spacial score (nSPS) is 44.7. The van der Waals surface area contributed by atoms with Crippen LogP contribution in [0.1, 0.15) is 19.3 Å². The fourth-order valence-corrected chi connectivity index (χ4v) is 3.45. The summed E-state index contributed by atoms with van der Waals surface area (Å²) in [5.74, 6) is -0.500. The Bertz CT molecular complexity index is 346. The standard InChI is InChI=1S/C10H14ClNO4/c1-15-8(14)10(11)7-6(13)2-5-12(7)16-9(10)3-4-9/h6-7,13H,2-5H2,1H3/t6-,7-,10+/m0/s1. The van der Waals surface area contributed by atoms with Gasteiger partial charge in [-0.05, 0) is 19.3 Å². The number of carbonyl (C=O) groups excluding carboxylic acids is 1. The van der Waals surface area contributed by atoms with E-state index in [2.05, 4.69) is 0 Å². The van der Waals surface area contributed by atoms with Crippen molar-refractivity contribution in [3.8, 4) is 0 Å². The van der Waals surface area contributed by atoms with Crippen molar-refractivity contribution in [3.05, 3.63) is 0 Å². The number of rotatable bonds is 1. The summed E-state index contributed by atoms with van der Waals surface area (Å²) in [5, 5.41) is 11.6. The number of alkyl halides is 1. The van der Waals surface area contributed by atoms with Gasteiger partial charge in [0.15, 0.2) is 4.87 Å². The highest BCUT2D eigenvalue weighted by molar-refractivity contribution is 6.36. The second-order valence-corrected chi connectivity index (χ2v) is 5.33. The largest absolute Gasteiger partial charge is 0.468 e. The average Bonchev–Trinajstić information content (AvgIpc) is 2.89. The van der Waals surface area contributed by atoms with E-state index in [4.69, 9.17) is 21.2 Å². The van der Waals surface area contributed by atoms with Crippen LogP contribution in [-0.4, -0.2) is 52.4 Å². The Balaban J connectivity index is 2.02. The third-order valence-electron chi connectivity index (χ3n) is 3.87. The Morgan fingerprint density at radius 2 is 2.31 bits per heavy atom. The zero-order chi connectivity index (χ0) is 11.6. The Labute approximate surface area is 98.2 Å². The van der Waals surface area contributed by atoms with Crippen molar-refractivity contribution in [1.82, 2.24) is 5.06 Å². The highest BCUT2D eigenvalue weighted by Crippen LogP contribution is 2.61. The fraction of sp³-hybridized carbons (Fsp3) is 0.900. The molecule has 2 saturated heterocycles. The van der Waals surface area contributed by atoms with Crippen LogP contribution in [0.25, 0.3) is 0 Å². The quantitative estimate of drug-likeness (QED) is 0.524. The van der Waals surface area contributed by atoms with E-state index in [1.54, 1.807) is 5.06 Å². The van der Waals surface area contributed by atoms with E-state index in [0.29, 0.717) is 13.0 Å². The van der Waals surface area contributed by atoms with Crippen LogP contribution in [0.2, 0.25) is 0 Å². The van der Waals surface area contributed by atoms with Crippen molar-refractivity contribution in [3.63, 3.8) is 0 Å². The first-order valence-corrected chi connectivity index (χ1v) is 5.84. The van der Waals surface area contributed by atoms with Crippen LogP contribution in [0.5, 0.6) is 0 Å². The number of carbonyl (C=O) groups is 1. The van der Waals surface area contributed by atoms with Crippen LogP contribution in [-0.2, 0) is 14.4 Å². The molecule has 0 unspecified atom stereocenters. The van der Waals surface area contributed by atoms with Crippen LogP contribution < -0.4 is 0 Å². The molecular weight excluding hydrogens is 234 g/mol. The number of ether oxygens (including phenoxy) is 1. The van der Waals surface area contributed by atoms with Crippen molar-refractivity contribution in [2.24, 2.45) is 0 Å². The van der Waals surface area contributed by atoms with Crippen molar-refractivity contribution in [2.75, 3.05) is 13.7 Å². The van der Waals surface area contributed by atoms with E-state index in [0.717, 1.165) is 12.8 Å². The van der Waals surface area contributed by atoms with E-state index < -0.39 is 28.6 Å². The van der Waals surface area contributed by atoms with Crippen LogP contribution >= 0.6 is 11.6 Å². The summed E-state index contributed by atoms with van der Waals surface area (Å²) in [4.78, 5) is 16.4. The van der Waals surface area contributed by atoms with Gasteiger partial charge in [0, 0.05) is 6.54 Å². The second-order valence-electron chi connectivity index (χ2n) is 4.73. The molecule has 1 N–H and O–H groups in total. The number of halogens is 1. The smallest absolute Gasteiger partial charge is 0.331 e. The number of methoxy groups -OCH3 is 1. The lowest BCUT2D eigenvalue weighted by atomic mass is 9.89. The lowest BCUT2D eigenvalue weighted by molar-refractivity contribution is -0.164. The summed E-state index contributed by atoms with van der Waals surface area (Å²) >= 11 is 6.47. The first-order chi connectivity index (χ1) is 7.55. The van der Waals surface area contributed by atoms with Crippen molar-refractivity contribution in [2.45, 2.75) is 41.9 Å². The molecule has 90 valence electrons. The monoisotopic (exact) mass is 247 g/mol. The Morgan fingerprint density at radius 1 is 1.62 bits per heavy atom. The minimum atomic E-state index is -1.25. The van der Waals surface area contributed by atoms with Gasteiger partial charge < -0.3 is 9.84 Å². The molecular formula is C10H14ClNO4. The Morgan fingerprint density at radius 3 is 2.88 bits per heavy atom. The molecule has 16 heavy (non-hydrogen) atoms. The minimum Gasteiger partial charge on any atom is -0.468 e. The summed E-state index contributed by atoms with van der Waals surface area (Å²) in [6.45, 7) is 0.610. The van der Waals surface area contributed by atoms with Gasteiger partial charge in [-0.3, -0.25) is 4.84 Å². The van der Waals surface area contributed by atoms with Gasteiger partial charge in [0.2, 0.25) is 0 Å². The molecule has 0 bridgehead atoms. The van der Waals surface area contributed by atoms with Gasteiger partial charge in [-0.1, -0.05) is 0 Å². The summed E-state index contributed by atoms with van der Waals surface area (Å²) in [5.41, 5.74) is -0.645. The van der Waals surface area contributed by atoms with Crippen LogP contribution in [0.15, 0.2) is 0 Å². The molecule has 1 aliphatic carbocycles. The van der Waals surface area contributed by atoms with Crippen LogP contribution in [0.3, 0.4) is 0 Å². The summed E-state index contributed by atoms with van der Waals surface area (Å²) in [6.07, 6.45) is 1.43. The molecule has 0 amide bonds. The van der Waals surface area contributed by atoms with Gasteiger partial charge in [0.1, 0.15) is 5.60 Å². The molecule has 2 heterocycles. The van der Waals surface area contributed by atoms with Gasteiger partial charge in [-0.25, -0.2) is 4.79 Å². The first-order valence-electron chi connectivity index (χ1n) is 5.46. The maximum Gasteiger partial charge on any atom is 0.331 e. The SMILES string of the molecule is COC(=O)[C@]1(Cl)[C@@H]2[C@@H](O)CCN2OC12CC2. The summed E-state index contributed by atoms with van der Waals surface area (Å²) in [6, 6.07) is -0.482. The molecule has 3 atom stereocenters. The van der Waals surface area contributed by atoms with Crippen molar-refractivity contribution >= 4 is 17.6 Å². The van der Waals surface area contributed by atoms with Gasteiger partial charge in [0.05, 0.1) is 19.3 Å². The van der Waals surface area contributed by atoms with Gasteiger partial charge in [-0.2, -0.15) is 5.06 Å². The Hall–Kier alpha value is -0.360. The third kappa shape index (κ3) is 1.05. The predicted octanol–water partition coefficient (Wildman–Crippen LogP) is 0.0500. The summed E-state index contributed by atoms with van der Waals surface area (Å²) in [7, 11) is 1.31. The molecule has 3 fully saturated rings. The highest BCUT2D eigenvalue weighted by Gasteiger charge is 2.77. The number of hydroxylamine groups is 2. The molecule has 1 saturated carbocycles. The molecule has 6 heteroatoms. The first kappa shape index (κ1) is 10.8. The zero-order valence-corrected chi connectivity index (χ0v) is 9.74. The van der Waals surface area contributed by atoms with Gasteiger partial charge >= 0.3 is 5.97 Å². The van der Waals surface area contributed by atoms with E-state index >= 15 is 0 Å². The number of hydrogen-bond acceptors (Lipinski definition) is 5. The molecule has 0 aromatic carbocycles. The van der Waals surface area contributed by atoms with E-state index in [9.17, 15) is 9.90 Å². The number of nitrogens with zero attached hydrogens (tertiary/aromatic N) is 1. The number of esters is 1. The van der Waals surface area contributed by atoms with Crippen molar-refractivity contribution in [1.29, 1.82) is 0 Å². The Kier molecular flexibility index (Phi) is 2.09. The van der Waals surface area contributed by atoms with E-state index in [1.807, 2.05) is 0 Å². The van der Waals surface area contributed by atoms with E-state index in [-0.39, 0.29) is 0 Å². The minimum absolute atomic E-state index is 0.482. The molecule has 2 aliphatic heterocycles. The maximum absolute atomic E-state index is 11.9. The molecule has 3 aliphatic rings. The number of aliphatic hydroxyl groups is 1. The molecule has 0 aromatic heterocycles. The number of fused-ring (bicyclic) bond motifs is 1. The number of hydrogen-bond donors (Lipinski definition) is 1. The lowest BCUT2D eigenvalue weighted by Gasteiger charge is -2.29. The maximum atomic E-state index is 11.9. The molecule has 3 rings (SSSR count). The molecule has 0 radical (unpaired) electrons. The second kappa shape index (κ2) is 3.10. The predicted molar refractivity (Wildman–Crippen MR) is 54.8 cm³/mol. The topological polar surface area (TPSA) is 59.0 Å². The van der Waals surface area contributed by atoms with Crippen LogP contribution in [0.4, 0.5) is 0 Å². The molecule has 0 aromatic rings. The van der Waals surface area contributed by atoms with Crippen LogP contribution in [0, 0.1) is 0 Å². The molecule has 1 spiro atoms.